The minimum absolute atomic E-state index is 0.138. The topological polar surface area (TPSA) is 103 Å². The summed E-state index contributed by atoms with van der Waals surface area (Å²) in [5.41, 5.74) is 4.16. The number of nitrogens with one attached hydrogen (secondary N) is 1. The van der Waals surface area contributed by atoms with Crippen LogP contribution >= 0.6 is 11.3 Å². The fraction of sp³-hybridized carbons (Fsp3) is 0.192. The van der Waals surface area contributed by atoms with Gasteiger partial charge in [-0.1, -0.05) is 48.5 Å². The Morgan fingerprint density at radius 2 is 1.97 bits per heavy atom. The molecule has 0 radical (unpaired) electrons. The van der Waals surface area contributed by atoms with Gasteiger partial charge in [-0.25, -0.2) is 4.98 Å². The predicted molar refractivity (Wildman–Crippen MR) is 137 cm³/mol. The van der Waals surface area contributed by atoms with Crippen LogP contribution < -0.4 is 10.9 Å². The Morgan fingerprint density at radius 3 is 2.77 bits per heavy atom. The van der Waals surface area contributed by atoms with Crippen molar-refractivity contribution in [1.82, 2.24) is 19.7 Å². The Balaban J connectivity index is 1.43. The monoisotopic (exact) mass is 485 g/mol. The average Bonchev–Trinajstić information content (AvgIpc) is 3.46. The first kappa shape index (κ1) is 22.7. The van der Waals surface area contributed by atoms with E-state index in [1.807, 2.05) is 62.4 Å². The van der Waals surface area contributed by atoms with Gasteiger partial charge in [0, 0.05) is 11.3 Å². The molecule has 0 bridgehead atoms. The Bertz CT molecular complexity index is 1620. The lowest BCUT2D eigenvalue weighted by Gasteiger charge is -2.08. The minimum atomic E-state index is -0.297. The van der Waals surface area contributed by atoms with E-state index >= 15 is 0 Å². The molecule has 5 rings (SSSR count). The number of hydrogen-bond acceptors (Lipinski definition) is 7. The van der Waals surface area contributed by atoms with E-state index in [2.05, 4.69) is 27.4 Å². The molecule has 5 aromatic rings. The van der Waals surface area contributed by atoms with E-state index in [1.54, 1.807) is 0 Å². The number of thiophene rings is 1. The molecule has 35 heavy (non-hydrogen) atoms. The molecule has 0 atom stereocenters. The highest BCUT2D eigenvalue weighted by molar-refractivity contribution is 7.22. The number of hydrogen-bond donors (Lipinski definition) is 1. The molecule has 2 aromatic carbocycles. The lowest BCUT2D eigenvalue weighted by molar-refractivity contribution is -0.116. The molecule has 0 saturated carbocycles. The highest BCUT2D eigenvalue weighted by Crippen LogP contribution is 2.35. The Hall–Kier alpha value is -4.11. The Labute approximate surface area is 205 Å². The molecule has 1 N–H and O–H groups in total. The van der Waals surface area contributed by atoms with E-state index in [9.17, 15) is 9.59 Å². The van der Waals surface area contributed by atoms with Crippen LogP contribution in [0.3, 0.4) is 0 Å². The fourth-order valence-corrected chi connectivity index (χ4v) is 5.01. The van der Waals surface area contributed by atoms with Gasteiger partial charge in [-0.15, -0.1) is 11.3 Å². The Morgan fingerprint density at radius 1 is 1.14 bits per heavy atom. The van der Waals surface area contributed by atoms with Crippen molar-refractivity contribution < 1.29 is 9.32 Å². The molecule has 9 heteroatoms. The second kappa shape index (κ2) is 9.27. The molecule has 3 heterocycles. The normalized spacial score (nSPS) is 11.2. The summed E-state index contributed by atoms with van der Waals surface area (Å²) in [5, 5.41) is 7.43. The number of rotatable bonds is 6. The molecule has 0 spiro atoms. The van der Waals surface area contributed by atoms with E-state index in [4.69, 9.17) is 4.52 Å². The number of anilines is 1. The zero-order chi connectivity index (χ0) is 24.5. The van der Waals surface area contributed by atoms with Crippen LogP contribution in [-0.2, 0) is 17.8 Å². The molecule has 0 saturated heterocycles. The second-order valence-corrected chi connectivity index (χ2v) is 9.25. The molecule has 0 aliphatic carbocycles. The summed E-state index contributed by atoms with van der Waals surface area (Å²) in [4.78, 5) is 36.1. The zero-order valence-corrected chi connectivity index (χ0v) is 20.3. The first-order chi connectivity index (χ1) is 16.9. The van der Waals surface area contributed by atoms with E-state index in [1.165, 1.54) is 22.2 Å². The summed E-state index contributed by atoms with van der Waals surface area (Å²) < 4.78 is 6.86. The van der Waals surface area contributed by atoms with Gasteiger partial charge in [0.25, 0.3) is 11.4 Å². The molecule has 176 valence electrons. The number of amides is 1. The third-order valence-corrected chi connectivity index (χ3v) is 7.04. The highest BCUT2D eigenvalue weighted by atomic mass is 32.1. The SMILES string of the molecule is CCc1cccc(NC(=O)Cn2cnc3sc(-c4nc(-c5ccccc5C)no4)c(C)c3c2=O)c1. The molecule has 0 unspecified atom stereocenters. The number of benzene rings is 2. The van der Waals surface area contributed by atoms with Crippen LogP contribution in [0.5, 0.6) is 0 Å². The first-order valence-corrected chi connectivity index (χ1v) is 12.0. The largest absolute Gasteiger partial charge is 0.333 e. The Kier molecular flexibility index (Phi) is 6.00. The molecule has 0 aliphatic heterocycles. The number of carbonyl (C=O) groups excluding carboxylic acids is 1. The summed E-state index contributed by atoms with van der Waals surface area (Å²) >= 11 is 1.32. The van der Waals surface area contributed by atoms with Crippen molar-refractivity contribution in [1.29, 1.82) is 0 Å². The third kappa shape index (κ3) is 4.38. The van der Waals surface area contributed by atoms with E-state index in [0.717, 1.165) is 23.1 Å². The van der Waals surface area contributed by atoms with Crippen molar-refractivity contribution in [2.24, 2.45) is 0 Å². The van der Waals surface area contributed by atoms with Gasteiger partial charge in [-0.2, -0.15) is 4.98 Å². The number of aromatic nitrogens is 4. The van der Waals surface area contributed by atoms with Gasteiger partial charge in [-0.05, 0) is 49.1 Å². The predicted octanol–water partition coefficient (Wildman–Crippen LogP) is 4.99. The maximum Gasteiger partial charge on any atom is 0.268 e. The van der Waals surface area contributed by atoms with Crippen LogP contribution in [0.25, 0.3) is 32.4 Å². The van der Waals surface area contributed by atoms with Crippen LogP contribution in [0.2, 0.25) is 0 Å². The third-order valence-electron chi connectivity index (χ3n) is 5.86. The maximum atomic E-state index is 13.2. The van der Waals surface area contributed by atoms with Gasteiger partial charge in [0.05, 0.1) is 16.6 Å². The summed E-state index contributed by atoms with van der Waals surface area (Å²) in [7, 11) is 0. The van der Waals surface area contributed by atoms with Crippen LogP contribution in [0.4, 0.5) is 5.69 Å². The minimum Gasteiger partial charge on any atom is -0.333 e. The summed E-state index contributed by atoms with van der Waals surface area (Å²) in [5.74, 6) is 0.529. The van der Waals surface area contributed by atoms with Crippen molar-refractivity contribution in [3.63, 3.8) is 0 Å². The van der Waals surface area contributed by atoms with Crippen molar-refractivity contribution in [2.45, 2.75) is 33.7 Å². The fourth-order valence-electron chi connectivity index (χ4n) is 3.95. The van der Waals surface area contributed by atoms with E-state index in [0.29, 0.717) is 38.1 Å². The van der Waals surface area contributed by atoms with Gasteiger partial charge >= 0.3 is 0 Å². The molecule has 8 nitrogen and oxygen atoms in total. The number of fused-ring (bicyclic) bond motifs is 1. The second-order valence-electron chi connectivity index (χ2n) is 8.25. The molecule has 0 fully saturated rings. The number of aryl methyl sites for hydroxylation is 3. The lowest BCUT2D eigenvalue weighted by atomic mass is 10.1. The first-order valence-electron chi connectivity index (χ1n) is 11.2. The van der Waals surface area contributed by atoms with Crippen molar-refractivity contribution >= 4 is 33.1 Å². The van der Waals surface area contributed by atoms with Gasteiger partial charge < -0.3 is 9.84 Å². The smallest absolute Gasteiger partial charge is 0.268 e. The van der Waals surface area contributed by atoms with E-state index in [-0.39, 0.29) is 18.0 Å². The molecular formula is C26H23N5O3S. The van der Waals surface area contributed by atoms with Gasteiger partial charge in [-0.3, -0.25) is 14.2 Å². The van der Waals surface area contributed by atoms with Gasteiger partial charge in [0.15, 0.2) is 0 Å². The van der Waals surface area contributed by atoms with Gasteiger partial charge in [0.1, 0.15) is 11.4 Å². The highest BCUT2D eigenvalue weighted by Gasteiger charge is 2.21. The van der Waals surface area contributed by atoms with Crippen molar-refractivity contribution in [3.05, 3.63) is 81.9 Å². The molecule has 3 aromatic heterocycles. The van der Waals surface area contributed by atoms with Crippen molar-refractivity contribution in [3.8, 4) is 22.2 Å². The summed E-state index contributed by atoms with van der Waals surface area (Å²) in [6.45, 7) is 5.73. The van der Waals surface area contributed by atoms with Crippen LogP contribution in [0, 0.1) is 13.8 Å². The van der Waals surface area contributed by atoms with E-state index < -0.39 is 0 Å². The molecular weight excluding hydrogens is 462 g/mol. The summed E-state index contributed by atoms with van der Waals surface area (Å²) in [6.07, 6.45) is 2.27. The van der Waals surface area contributed by atoms with Crippen LogP contribution in [0.1, 0.15) is 23.6 Å². The number of nitrogens with zero attached hydrogens (tertiary/aromatic N) is 4. The van der Waals surface area contributed by atoms with Crippen LogP contribution in [0.15, 0.2) is 64.2 Å². The lowest BCUT2D eigenvalue weighted by Crippen LogP contribution is -2.27. The van der Waals surface area contributed by atoms with Crippen molar-refractivity contribution in [2.75, 3.05) is 5.32 Å². The number of carbonyl (C=O) groups is 1. The molecule has 0 aliphatic rings. The van der Waals surface area contributed by atoms with Crippen LogP contribution in [-0.4, -0.2) is 25.6 Å². The molecule has 1 amide bonds. The zero-order valence-electron chi connectivity index (χ0n) is 19.5. The standard InChI is InChI=1S/C26H23N5O3S/c1-4-17-9-7-10-18(12-17)28-20(32)13-31-14-27-25-21(26(31)33)16(3)22(35-25)24-29-23(30-34-24)19-11-6-5-8-15(19)2/h5-12,14H,4,13H2,1-3H3,(H,28,32). The average molecular weight is 486 g/mol. The quantitative estimate of drug-likeness (QED) is 0.363. The van der Waals surface area contributed by atoms with Gasteiger partial charge in [0.2, 0.25) is 11.7 Å². The summed E-state index contributed by atoms with van der Waals surface area (Å²) in [6, 6.07) is 15.4. The maximum absolute atomic E-state index is 13.2.